The molecule has 0 heterocycles. The molecule has 0 aliphatic carbocycles. The van der Waals surface area contributed by atoms with Gasteiger partial charge in [-0.2, -0.15) is 5.26 Å². The van der Waals surface area contributed by atoms with Crippen molar-refractivity contribution in [2.45, 2.75) is 13.5 Å². The number of carbonyl (C=O) groups is 1. The number of nitriles is 1. The van der Waals surface area contributed by atoms with Crippen LogP contribution in [0.1, 0.15) is 18.1 Å². The minimum absolute atomic E-state index is 0.145. The number of amides is 1. The van der Waals surface area contributed by atoms with E-state index >= 15 is 0 Å². The molecule has 5 nitrogen and oxygen atoms in total. The van der Waals surface area contributed by atoms with Gasteiger partial charge in [-0.25, -0.2) is 4.39 Å². The fourth-order valence-corrected chi connectivity index (χ4v) is 3.35. The molecule has 0 spiro atoms. The smallest absolute Gasteiger partial charge is 0.266 e. The van der Waals surface area contributed by atoms with Crippen LogP contribution in [0.2, 0.25) is 10.0 Å². The molecule has 0 bridgehead atoms. The van der Waals surface area contributed by atoms with Crippen molar-refractivity contribution in [3.63, 3.8) is 0 Å². The molecule has 0 aliphatic rings. The number of nitrogens with one attached hydrogen (secondary N) is 1. The van der Waals surface area contributed by atoms with E-state index in [-0.39, 0.29) is 33.7 Å². The molecule has 0 radical (unpaired) electrons. The first-order chi connectivity index (χ1) is 15.9. The molecule has 0 saturated carbocycles. The first-order valence-corrected chi connectivity index (χ1v) is 10.7. The molecule has 0 aromatic heterocycles. The van der Waals surface area contributed by atoms with Gasteiger partial charge in [0.1, 0.15) is 24.1 Å². The van der Waals surface area contributed by atoms with Crippen molar-refractivity contribution in [3.05, 3.63) is 93.2 Å². The predicted octanol–water partition coefficient (Wildman–Crippen LogP) is 6.66. The molecule has 1 N–H and O–H groups in total. The maximum Gasteiger partial charge on any atom is 0.266 e. The molecule has 3 rings (SSSR count). The Balaban J connectivity index is 1.80. The molecule has 1 amide bonds. The first-order valence-electron chi connectivity index (χ1n) is 9.92. The summed E-state index contributed by atoms with van der Waals surface area (Å²) >= 11 is 12.2. The van der Waals surface area contributed by atoms with Gasteiger partial charge in [0.15, 0.2) is 11.5 Å². The molecular formula is C25H19Cl2FN2O3. The van der Waals surface area contributed by atoms with Crippen LogP contribution < -0.4 is 14.8 Å². The van der Waals surface area contributed by atoms with Crippen LogP contribution in [0, 0.1) is 17.1 Å². The highest BCUT2D eigenvalue weighted by atomic mass is 35.5. The number of hydrogen-bond acceptors (Lipinski definition) is 4. The first kappa shape index (κ1) is 24.1. The lowest BCUT2D eigenvalue weighted by atomic mass is 10.1. The number of halogens is 3. The maximum absolute atomic E-state index is 13.1. The van der Waals surface area contributed by atoms with E-state index < -0.39 is 5.91 Å². The summed E-state index contributed by atoms with van der Waals surface area (Å²) in [5.74, 6) is -0.0505. The Bertz CT molecular complexity index is 1200. The number of anilines is 1. The Morgan fingerprint density at radius 1 is 1.06 bits per heavy atom. The van der Waals surface area contributed by atoms with Gasteiger partial charge in [0, 0.05) is 0 Å². The largest absolute Gasteiger partial charge is 0.490 e. The molecule has 0 aliphatic heterocycles. The van der Waals surface area contributed by atoms with E-state index in [2.05, 4.69) is 5.32 Å². The van der Waals surface area contributed by atoms with E-state index in [1.165, 1.54) is 18.2 Å². The summed E-state index contributed by atoms with van der Waals surface area (Å²) in [6.45, 7) is 2.43. The summed E-state index contributed by atoms with van der Waals surface area (Å²) in [5, 5.41) is 12.6. The van der Waals surface area contributed by atoms with Gasteiger partial charge in [0.05, 0.1) is 22.3 Å². The number of carbonyl (C=O) groups excluding carboxylic acids is 1. The van der Waals surface area contributed by atoms with Crippen LogP contribution in [0.5, 0.6) is 11.5 Å². The highest BCUT2D eigenvalue weighted by Crippen LogP contribution is 2.32. The lowest BCUT2D eigenvalue weighted by Crippen LogP contribution is -2.14. The Morgan fingerprint density at radius 2 is 1.76 bits per heavy atom. The third-order valence-corrected chi connectivity index (χ3v) is 5.08. The van der Waals surface area contributed by atoms with E-state index in [9.17, 15) is 14.4 Å². The normalized spacial score (nSPS) is 10.9. The summed E-state index contributed by atoms with van der Waals surface area (Å²) in [7, 11) is 0. The summed E-state index contributed by atoms with van der Waals surface area (Å²) in [6, 6.07) is 17.7. The van der Waals surface area contributed by atoms with Crippen LogP contribution in [0.4, 0.5) is 10.1 Å². The van der Waals surface area contributed by atoms with Crippen molar-refractivity contribution >= 4 is 40.9 Å². The number of ether oxygens (including phenoxy) is 2. The van der Waals surface area contributed by atoms with Crippen LogP contribution in [0.15, 0.2) is 66.2 Å². The molecule has 0 fully saturated rings. The molecule has 3 aromatic rings. The maximum atomic E-state index is 13.1. The lowest BCUT2D eigenvalue weighted by Gasteiger charge is -2.13. The molecule has 3 aromatic carbocycles. The van der Waals surface area contributed by atoms with Gasteiger partial charge in [-0.15, -0.1) is 0 Å². The van der Waals surface area contributed by atoms with Crippen molar-refractivity contribution in [1.29, 1.82) is 5.26 Å². The zero-order valence-electron chi connectivity index (χ0n) is 17.6. The Labute approximate surface area is 201 Å². The zero-order valence-corrected chi connectivity index (χ0v) is 19.1. The van der Waals surface area contributed by atoms with Crippen molar-refractivity contribution in [2.75, 3.05) is 11.9 Å². The fourth-order valence-electron chi connectivity index (χ4n) is 2.86. The Morgan fingerprint density at radius 3 is 2.39 bits per heavy atom. The lowest BCUT2D eigenvalue weighted by molar-refractivity contribution is -0.112. The van der Waals surface area contributed by atoms with Gasteiger partial charge in [0.25, 0.3) is 5.91 Å². The van der Waals surface area contributed by atoms with Crippen LogP contribution >= 0.6 is 23.2 Å². The quantitative estimate of drug-likeness (QED) is 0.286. The monoisotopic (exact) mass is 484 g/mol. The average Bonchev–Trinajstić information content (AvgIpc) is 2.80. The van der Waals surface area contributed by atoms with Gasteiger partial charge >= 0.3 is 0 Å². The van der Waals surface area contributed by atoms with Crippen molar-refractivity contribution in [1.82, 2.24) is 0 Å². The number of hydrogen-bond donors (Lipinski definition) is 1. The number of rotatable bonds is 8. The minimum Gasteiger partial charge on any atom is -0.490 e. The van der Waals surface area contributed by atoms with E-state index in [4.69, 9.17) is 32.7 Å². The third-order valence-electron chi connectivity index (χ3n) is 4.45. The van der Waals surface area contributed by atoms with Crippen LogP contribution in [0.3, 0.4) is 0 Å². The average molecular weight is 485 g/mol. The molecule has 0 unspecified atom stereocenters. The second-order valence-electron chi connectivity index (χ2n) is 6.77. The van der Waals surface area contributed by atoms with E-state index in [1.807, 2.05) is 13.0 Å². The van der Waals surface area contributed by atoms with Gasteiger partial charge < -0.3 is 14.8 Å². The van der Waals surface area contributed by atoms with Crippen LogP contribution in [-0.2, 0) is 11.4 Å². The zero-order chi connectivity index (χ0) is 23.8. The topological polar surface area (TPSA) is 71.3 Å². The van der Waals surface area contributed by atoms with Crippen molar-refractivity contribution in [2.24, 2.45) is 0 Å². The SMILES string of the molecule is CCOc1cc(/C=C(\C#N)C(=O)Nc2c(Cl)cccc2Cl)ccc1OCc1ccc(F)cc1. The minimum atomic E-state index is -0.651. The molecule has 8 heteroatoms. The summed E-state index contributed by atoms with van der Waals surface area (Å²) in [5.41, 5.74) is 1.44. The van der Waals surface area contributed by atoms with Crippen LogP contribution in [-0.4, -0.2) is 12.5 Å². The van der Waals surface area contributed by atoms with Crippen molar-refractivity contribution in [3.8, 4) is 17.6 Å². The third kappa shape index (κ3) is 6.48. The Hall–Kier alpha value is -3.53. The van der Waals surface area contributed by atoms with Gasteiger partial charge in [-0.1, -0.05) is 47.5 Å². The number of benzene rings is 3. The summed E-state index contributed by atoms with van der Waals surface area (Å²) in [6.07, 6.45) is 1.42. The van der Waals surface area contributed by atoms with Gasteiger partial charge in [-0.05, 0) is 60.5 Å². The molecule has 0 atom stereocenters. The summed E-state index contributed by atoms with van der Waals surface area (Å²) in [4.78, 5) is 12.6. The second kappa shape index (κ2) is 11.4. The highest BCUT2D eigenvalue weighted by molar-refractivity contribution is 6.40. The molecule has 0 saturated heterocycles. The molecule has 33 heavy (non-hydrogen) atoms. The second-order valence-corrected chi connectivity index (χ2v) is 7.59. The number of nitrogens with zero attached hydrogens (tertiary/aromatic N) is 1. The predicted molar refractivity (Wildman–Crippen MR) is 127 cm³/mol. The molecular weight excluding hydrogens is 466 g/mol. The van der Waals surface area contributed by atoms with Crippen molar-refractivity contribution < 1.29 is 18.7 Å². The highest BCUT2D eigenvalue weighted by Gasteiger charge is 2.15. The van der Waals surface area contributed by atoms with E-state index in [0.717, 1.165) is 5.56 Å². The van der Waals surface area contributed by atoms with Crippen LogP contribution in [0.25, 0.3) is 6.08 Å². The molecule has 168 valence electrons. The Kier molecular flexibility index (Phi) is 8.31. The fraction of sp³-hybridized carbons (Fsp3) is 0.120. The van der Waals surface area contributed by atoms with E-state index in [1.54, 1.807) is 48.5 Å². The van der Waals surface area contributed by atoms with Gasteiger partial charge in [-0.3, -0.25) is 4.79 Å². The van der Waals surface area contributed by atoms with E-state index in [0.29, 0.717) is 23.7 Å². The summed E-state index contributed by atoms with van der Waals surface area (Å²) < 4.78 is 24.5. The number of para-hydroxylation sites is 1. The van der Waals surface area contributed by atoms with Gasteiger partial charge in [0.2, 0.25) is 0 Å². The standard InChI is InChI=1S/C25H19Cl2FN2O3/c1-2-32-23-13-17(8-11-22(23)33-15-16-6-9-19(28)10-7-16)12-18(14-29)25(31)30-24-20(26)4-3-5-21(24)27/h3-13H,2,15H2,1H3,(H,30,31)/b18-12+.